The molecule has 0 radical (unpaired) electrons. The summed E-state index contributed by atoms with van der Waals surface area (Å²) in [6.07, 6.45) is 10.1. The lowest BCUT2D eigenvalue weighted by Crippen LogP contribution is -2.26. The Hall–Kier alpha value is -2.18. The third kappa shape index (κ3) is 6.64. The lowest BCUT2D eigenvalue weighted by atomic mass is 9.90. The normalized spacial score (nSPS) is 24.2. The van der Waals surface area contributed by atoms with Gasteiger partial charge in [0.15, 0.2) is 23.3 Å². The first-order valence-corrected chi connectivity index (χ1v) is 13.7. The van der Waals surface area contributed by atoms with Crippen LogP contribution in [0.3, 0.4) is 0 Å². The zero-order valence-corrected chi connectivity index (χ0v) is 21.7. The Morgan fingerprint density at radius 1 is 0.784 bits per heavy atom. The van der Waals surface area contributed by atoms with Crippen LogP contribution < -0.4 is 0 Å². The van der Waals surface area contributed by atoms with Crippen LogP contribution in [0.1, 0.15) is 81.9 Å². The molecule has 6 heteroatoms. The number of hydrogen-bond acceptors (Lipinski definition) is 2. The monoisotopic (exact) mass is 518 g/mol. The third-order valence-corrected chi connectivity index (χ3v) is 7.96. The van der Waals surface area contributed by atoms with Gasteiger partial charge in [-0.15, -0.1) is 6.58 Å². The van der Waals surface area contributed by atoms with Crippen LogP contribution in [0, 0.1) is 35.1 Å². The van der Waals surface area contributed by atoms with Crippen LogP contribution in [0.2, 0.25) is 0 Å². The van der Waals surface area contributed by atoms with Crippen molar-refractivity contribution in [3.63, 3.8) is 0 Å². The second kappa shape index (κ2) is 13.1. The minimum absolute atomic E-state index is 0.122. The summed E-state index contributed by atoms with van der Waals surface area (Å²) >= 11 is 0. The smallest absolute Gasteiger partial charge is 0.167 e. The van der Waals surface area contributed by atoms with Gasteiger partial charge in [0.05, 0.1) is 18.8 Å². The topological polar surface area (TPSA) is 18.5 Å². The average molecular weight is 519 g/mol. The molecule has 37 heavy (non-hydrogen) atoms. The largest absolute Gasteiger partial charge is 0.378 e. The van der Waals surface area contributed by atoms with Crippen molar-refractivity contribution in [1.82, 2.24) is 0 Å². The van der Waals surface area contributed by atoms with Gasteiger partial charge in [0, 0.05) is 23.3 Å². The van der Waals surface area contributed by atoms with Crippen molar-refractivity contribution in [2.45, 2.75) is 83.3 Å². The quantitative estimate of drug-likeness (QED) is 0.231. The fourth-order valence-corrected chi connectivity index (χ4v) is 5.64. The molecule has 2 saturated heterocycles. The van der Waals surface area contributed by atoms with Gasteiger partial charge in [-0.05, 0) is 75.2 Å². The third-order valence-electron chi connectivity index (χ3n) is 7.96. The van der Waals surface area contributed by atoms with E-state index in [1.54, 1.807) is 0 Å². The Morgan fingerprint density at radius 2 is 1.46 bits per heavy atom. The van der Waals surface area contributed by atoms with Crippen LogP contribution in [-0.4, -0.2) is 19.3 Å². The van der Waals surface area contributed by atoms with E-state index in [2.05, 4.69) is 13.5 Å². The first-order chi connectivity index (χ1) is 17.9. The number of halogens is 4. The molecule has 4 unspecified atom stereocenters. The molecule has 0 N–H and O–H groups in total. The summed E-state index contributed by atoms with van der Waals surface area (Å²) in [6.45, 7) is 6.99. The van der Waals surface area contributed by atoms with Gasteiger partial charge >= 0.3 is 0 Å². The van der Waals surface area contributed by atoms with E-state index in [0.717, 1.165) is 44.9 Å². The van der Waals surface area contributed by atoms with Gasteiger partial charge in [-0.2, -0.15) is 0 Å². The van der Waals surface area contributed by atoms with Gasteiger partial charge in [0.2, 0.25) is 0 Å². The Kier molecular flexibility index (Phi) is 9.83. The molecule has 0 amide bonds. The lowest BCUT2D eigenvalue weighted by molar-refractivity contribution is -0.0218. The van der Waals surface area contributed by atoms with E-state index in [4.69, 9.17) is 9.47 Å². The molecule has 4 atom stereocenters. The Morgan fingerprint density at radius 3 is 2.11 bits per heavy atom. The number of rotatable bonds is 10. The predicted molar refractivity (Wildman–Crippen MR) is 138 cm³/mol. The second-order valence-electron chi connectivity index (χ2n) is 10.6. The summed E-state index contributed by atoms with van der Waals surface area (Å²) in [4.78, 5) is 0. The van der Waals surface area contributed by atoms with E-state index >= 15 is 13.2 Å². The van der Waals surface area contributed by atoms with Crippen molar-refractivity contribution in [1.29, 1.82) is 0 Å². The highest BCUT2D eigenvalue weighted by molar-refractivity contribution is 5.66. The Balaban J connectivity index is 1.42. The SMILES string of the molecule is C=CCCC1CCC(c2ccc(-c3ccc(CCC4CCC(CCC)OC4)c(F)c3F)c(F)c2F)OC1. The fourth-order valence-electron chi connectivity index (χ4n) is 5.64. The number of hydrogen-bond donors (Lipinski definition) is 0. The van der Waals surface area contributed by atoms with Gasteiger partial charge < -0.3 is 9.47 Å². The summed E-state index contributed by atoms with van der Waals surface area (Å²) in [6, 6.07) is 5.59. The van der Waals surface area contributed by atoms with Crippen molar-refractivity contribution in [3.05, 3.63) is 71.3 Å². The minimum atomic E-state index is -1.18. The molecule has 4 rings (SSSR count). The maximum absolute atomic E-state index is 15.1. The minimum Gasteiger partial charge on any atom is -0.378 e. The van der Waals surface area contributed by atoms with Crippen LogP contribution in [0.15, 0.2) is 36.9 Å². The van der Waals surface area contributed by atoms with Gasteiger partial charge in [-0.1, -0.05) is 43.7 Å². The van der Waals surface area contributed by atoms with Crippen LogP contribution >= 0.6 is 0 Å². The molecule has 2 aliphatic rings. The molecule has 2 aliphatic heterocycles. The fraction of sp³-hybridized carbons (Fsp3) is 0.548. The molecule has 0 aliphatic carbocycles. The van der Waals surface area contributed by atoms with Crippen molar-refractivity contribution in [2.75, 3.05) is 13.2 Å². The standard InChI is InChI=1S/C31H38F4O2/c1-3-5-7-20-10-17-27(37-19-20)26-16-15-25(30(34)31(26)35)24-14-12-22(28(32)29(24)33)11-8-21-9-13-23(6-4-2)36-18-21/h3,12,14-16,20-21,23,27H,1,4-11,13,17-19H2,2H3. The molecule has 2 heterocycles. The number of ether oxygens (including phenoxy) is 2. The van der Waals surface area contributed by atoms with E-state index in [1.165, 1.54) is 24.3 Å². The number of aryl methyl sites for hydroxylation is 1. The maximum atomic E-state index is 15.1. The summed E-state index contributed by atoms with van der Waals surface area (Å²) in [5.41, 5.74) is -0.194. The van der Waals surface area contributed by atoms with Crippen molar-refractivity contribution in [2.24, 2.45) is 11.8 Å². The Labute approximate surface area is 218 Å². The van der Waals surface area contributed by atoms with E-state index in [0.29, 0.717) is 50.4 Å². The van der Waals surface area contributed by atoms with Gasteiger partial charge in [0.1, 0.15) is 0 Å². The average Bonchev–Trinajstić information content (AvgIpc) is 2.92. The molecule has 0 aromatic heterocycles. The van der Waals surface area contributed by atoms with Crippen LogP contribution in [-0.2, 0) is 15.9 Å². The summed E-state index contributed by atoms with van der Waals surface area (Å²) in [5, 5.41) is 0. The highest BCUT2D eigenvalue weighted by Crippen LogP contribution is 2.37. The lowest BCUT2D eigenvalue weighted by Gasteiger charge is -2.29. The number of allylic oxidation sites excluding steroid dienone is 1. The summed E-state index contributed by atoms with van der Waals surface area (Å²) in [5.74, 6) is -3.70. The molecule has 0 spiro atoms. The maximum Gasteiger partial charge on any atom is 0.167 e. The highest BCUT2D eigenvalue weighted by atomic mass is 19.2. The molecule has 202 valence electrons. The zero-order valence-electron chi connectivity index (χ0n) is 21.7. The molecular weight excluding hydrogens is 480 g/mol. The van der Waals surface area contributed by atoms with Crippen molar-refractivity contribution in [3.8, 4) is 11.1 Å². The first kappa shape index (κ1) is 27.8. The molecule has 2 aromatic carbocycles. The van der Waals surface area contributed by atoms with Gasteiger partial charge in [-0.3, -0.25) is 0 Å². The molecular formula is C31H38F4O2. The van der Waals surface area contributed by atoms with Crippen LogP contribution in [0.4, 0.5) is 17.6 Å². The zero-order chi connectivity index (χ0) is 26.4. The second-order valence-corrected chi connectivity index (χ2v) is 10.6. The molecule has 2 aromatic rings. The summed E-state index contributed by atoms with van der Waals surface area (Å²) in [7, 11) is 0. The van der Waals surface area contributed by atoms with Crippen LogP contribution in [0.25, 0.3) is 11.1 Å². The Bertz CT molecular complexity index is 1050. The van der Waals surface area contributed by atoms with Gasteiger partial charge in [-0.25, -0.2) is 17.6 Å². The first-order valence-electron chi connectivity index (χ1n) is 13.7. The van der Waals surface area contributed by atoms with E-state index in [9.17, 15) is 4.39 Å². The molecule has 2 nitrogen and oxygen atoms in total. The highest BCUT2D eigenvalue weighted by Gasteiger charge is 2.28. The van der Waals surface area contributed by atoms with E-state index in [-0.39, 0.29) is 22.3 Å². The number of benzene rings is 2. The van der Waals surface area contributed by atoms with E-state index < -0.39 is 29.4 Å². The predicted octanol–water partition coefficient (Wildman–Crippen LogP) is 8.87. The van der Waals surface area contributed by atoms with Crippen LogP contribution in [0.5, 0.6) is 0 Å². The molecule has 0 saturated carbocycles. The molecule has 0 bridgehead atoms. The van der Waals surface area contributed by atoms with E-state index in [1.807, 2.05) is 6.08 Å². The summed E-state index contributed by atoms with van der Waals surface area (Å²) < 4.78 is 71.8. The van der Waals surface area contributed by atoms with Crippen molar-refractivity contribution >= 4 is 0 Å². The molecule has 2 fully saturated rings. The van der Waals surface area contributed by atoms with Gasteiger partial charge in [0.25, 0.3) is 0 Å². The van der Waals surface area contributed by atoms with Crippen molar-refractivity contribution < 1.29 is 27.0 Å².